The maximum absolute atomic E-state index is 10.4. The fourth-order valence-electron chi connectivity index (χ4n) is 0.760. The molecule has 0 saturated carbocycles. The van der Waals surface area contributed by atoms with Gasteiger partial charge in [-0.2, -0.15) is 0 Å². The van der Waals surface area contributed by atoms with Crippen molar-refractivity contribution in [2.24, 2.45) is 0 Å². The average Bonchev–Trinajstić information content (AvgIpc) is 2.05. The first-order valence-electron chi connectivity index (χ1n) is 3.05. The Bertz CT molecular complexity index is 309. The molecule has 0 amide bonds. The Morgan fingerprint density at radius 2 is 2.00 bits per heavy atom. The van der Waals surface area contributed by atoms with Gasteiger partial charge in [-0.05, 0) is 17.7 Å². The molecule has 3 nitrogen and oxygen atoms in total. The minimum atomic E-state index is -2.56. The average molecular weight is 171 g/mol. The molecule has 0 heterocycles. The Balaban J connectivity index is 3.10. The highest BCUT2D eigenvalue weighted by atomic mass is 32.2. The van der Waals surface area contributed by atoms with Gasteiger partial charge in [0.1, 0.15) is 6.61 Å². The molecular formula is C7H7O3S. The standard InChI is InChI=1S/C7H7O3S/c8-5-6-2-1-3-7(4-6)11(9)10/h1-4,11H,5H2. The fraction of sp³-hybridized carbons (Fsp3) is 0.143. The molecule has 1 aromatic rings. The third-order valence-electron chi connectivity index (χ3n) is 1.29. The normalized spacial score (nSPS) is 10.4. The molecule has 0 aliphatic carbocycles. The summed E-state index contributed by atoms with van der Waals surface area (Å²) in [4.78, 5) is 0.202. The lowest BCUT2D eigenvalue weighted by Crippen LogP contribution is -1.84. The molecule has 1 radical (unpaired) electrons. The molecule has 0 aliphatic heterocycles. The highest BCUT2D eigenvalue weighted by Crippen LogP contribution is 2.05. The van der Waals surface area contributed by atoms with E-state index < -0.39 is 10.7 Å². The topological polar surface area (TPSA) is 54.0 Å². The maximum atomic E-state index is 10.4. The number of hydrogen-bond acceptors (Lipinski definition) is 2. The number of rotatable bonds is 2. The molecule has 59 valence electrons. The molecule has 0 aromatic heterocycles. The van der Waals surface area contributed by atoms with E-state index in [-0.39, 0.29) is 11.5 Å². The molecule has 4 heteroatoms. The second-order valence-electron chi connectivity index (χ2n) is 2.07. The van der Waals surface area contributed by atoms with Crippen LogP contribution in [0.2, 0.25) is 0 Å². The monoisotopic (exact) mass is 171 g/mol. The fourth-order valence-corrected chi connectivity index (χ4v) is 1.24. The van der Waals surface area contributed by atoms with Crippen molar-refractivity contribution in [3.63, 3.8) is 0 Å². The first-order chi connectivity index (χ1) is 5.24. The van der Waals surface area contributed by atoms with E-state index in [1.807, 2.05) is 0 Å². The van der Waals surface area contributed by atoms with E-state index in [1.165, 1.54) is 12.1 Å². The molecule has 0 atom stereocenters. The first kappa shape index (κ1) is 8.23. The van der Waals surface area contributed by atoms with E-state index in [2.05, 4.69) is 0 Å². The molecule has 11 heavy (non-hydrogen) atoms. The molecule has 0 N–H and O–H groups in total. The second kappa shape index (κ2) is 3.50. The van der Waals surface area contributed by atoms with E-state index in [0.29, 0.717) is 5.56 Å². The van der Waals surface area contributed by atoms with Gasteiger partial charge in [0.25, 0.3) is 0 Å². The molecule has 1 rings (SSSR count). The lowest BCUT2D eigenvalue weighted by molar-refractivity contribution is 0.177. The first-order valence-corrected chi connectivity index (χ1v) is 4.23. The summed E-state index contributed by atoms with van der Waals surface area (Å²) in [7, 11) is -2.56. The number of thiol groups is 1. The van der Waals surface area contributed by atoms with E-state index in [0.717, 1.165) is 0 Å². The van der Waals surface area contributed by atoms with E-state index >= 15 is 0 Å². The van der Waals surface area contributed by atoms with Crippen molar-refractivity contribution in [2.45, 2.75) is 11.5 Å². The molecule has 0 aliphatic rings. The van der Waals surface area contributed by atoms with Gasteiger partial charge in [0.2, 0.25) is 0 Å². The van der Waals surface area contributed by atoms with Crippen LogP contribution in [-0.2, 0) is 22.4 Å². The number of benzene rings is 1. The predicted octanol–water partition coefficient (Wildman–Crippen LogP) is 0.587. The van der Waals surface area contributed by atoms with Crippen LogP contribution in [0.5, 0.6) is 0 Å². The largest absolute Gasteiger partial charge is 0.232 e. The van der Waals surface area contributed by atoms with Crippen LogP contribution in [0.1, 0.15) is 5.56 Å². The summed E-state index contributed by atoms with van der Waals surface area (Å²) in [6.07, 6.45) is 0. The van der Waals surface area contributed by atoms with Gasteiger partial charge >= 0.3 is 0 Å². The SMILES string of the molecule is [O]Cc1cccc([SH](=O)=O)c1. The van der Waals surface area contributed by atoms with Gasteiger partial charge < -0.3 is 0 Å². The van der Waals surface area contributed by atoms with Gasteiger partial charge in [0.15, 0.2) is 10.7 Å². The summed E-state index contributed by atoms with van der Waals surface area (Å²) >= 11 is 0. The van der Waals surface area contributed by atoms with Crippen molar-refractivity contribution in [1.82, 2.24) is 0 Å². The van der Waals surface area contributed by atoms with Crippen molar-refractivity contribution in [3.8, 4) is 0 Å². The predicted molar refractivity (Wildman–Crippen MR) is 39.4 cm³/mol. The van der Waals surface area contributed by atoms with Crippen LogP contribution < -0.4 is 0 Å². The van der Waals surface area contributed by atoms with Crippen LogP contribution in [0.4, 0.5) is 0 Å². The van der Waals surface area contributed by atoms with E-state index in [4.69, 9.17) is 0 Å². The summed E-state index contributed by atoms with van der Waals surface area (Å²) in [5.74, 6) is 0. The summed E-state index contributed by atoms with van der Waals surface area (Å²) in [6.45, 7) is -0.378. The van der Waals surface area contributed by atoms with Crippen molar-refractivity contribution < 1.29 is 13.5 Å². The highest BCUT2D eigenvalue weighted by molar-refractivity contribution is 7.72. The van der Waals surface area contributed by atoms with Crippen molar-refractivity contribution in [2.75, 3.05) is 0 Å². The van der Waals surface area contributed by atoms with Gasteiger partial charge in [0, 0.05) is 0 Å². The summed E-state index contributed by atoms with van der Waals surface area (Å²) in [5.41, 5.74) is 0.502. The molecule has 0 bridgehead atoms. The van der Waals surface area contributed by atoms with Crippen LogP contribution in [0.25, 0.3) is 0 Å². The minimum Gasteiger partial charge on any atom is -0.232 e. The van der Waals surface area contributed by atoms with Gasteiger partial charge in [-0.3, -0.25) is 0 Å². The molecule has 0 spiro atoms. The Hall–Kier alpha value is -0.870. The number of hydrogen-bond donors (Lipinski definition) is 1. The lowest BCUT2D eigenvalue weighted by atomic mass is 10.2. The van der Waals surface area contributed by atoms with Crippen LogP contribution >= 0.6 is 0 Å². The van der Waals surface area contributed by atoms with Gasteiger partial charge in [-0.15, -0.1) is 0 Å². The summed E-state index contributed by atoms with van der Waals surface area (Å²) < 4.78 is 20.8. The zero-order valence-electron chi connectivity index (χ0n) is 5.69. The summed E-state index contributed by atoms with van der Waals surface area (Å²) in [5, 5.41) is 10.3. The Morgan fingerprint density at radius 1 is 1.27 bits per heavy atom. The van der Waals surface area contributed by atoms with Crippen molar-refractivity contribution in [1.29, 1.82) is 0 Å². The third kappa shape index (κ3) is 2.03. The quantitative estimate of drug-likeness (QED) is 0.662. The lowest BCUT2D eigenvalue weighted by Gasteiger charge is -1.93. The van der Waals surface area contributed by atoms with Crippen LogP contribution in [0, 0.1) is 0 Å². The molecule has 1 aromatic carbocycles. The second-order valence-corrected chi connectivity index (χ2v) is 3.10. The zero-order chi connectivity index (χ0) is 8.27. The minimum absolute atomic E-state index is 0.202. The van der Waals surface area contributed by atoms with Gasteiger partial charge in [0.05, 0.1) is 4.90 Å². The highest BCUT2D eigenvalue weighted by Gasteiger charge is 1.95. The smallest absolute Gasteiger partial charge is 0.168 e. The van der Waals surface area contributed by atoms with Gasteiger partial charge in [-0.25, -0.2) is 13.5 Å². The molecule has 0 saturated heterocycles. The zero-order valence-corrected chi connectivity index (χ0v) is 6.58. The van der Waals surface area contributed by atoms with Gasteiger partial charge in [-0.1, -0.05) is 12.1 Å². The Labute approximate surface area is 66.2 Å². The van der Waals surface area contributed by atoms with Crippen LogP contribution in [0.3, 0.4) is 0 Å². The van der Waals surface area contributed by atoms with Crippen molar-refractivity contribution >= 4 is 10.7 Å². The van der Waals surface area contributed by atoms with Crippen LogP contribution in [-0.4, -0.2) is 8.42 Å². The van der Waals surface area contributed by atoms with Crippen molar-refractivity contribution in [3.05, 3.63) is 29.8 Å². The molecular weight excluding hydrogens is 164 g/mol. The molecule has 0 unspecified atom stereocenters. The Morgan fingerprint density at radius 3 is 2.55 bits per heavy atom. The summed E-state index contributed by atoms with van der Waals surface area (Å²) in [6, 6.07) is 6.02. The third-order valence-corrected chi connectivity index (χ3v) is 1.99. The molecule has 0 fully saturated rings. The van der Waals surface area contributed by atoms with E-state index in [1.54, 1.807) is 12.1 Å². The Kier molecular flexibility index (Phi) is 2.62. The van der Waals surface area contributed by atoms with Crippen LogP contribution in [0.15, 0.2) is 29.2 Å². The van der Waals surface area contributed by atoms with E-state index in [9.17, 15) is 13.5 Å². The maximum Gasteiger partial charge on any atom is 0.168 e.